The number of piperazine rings is 1. The van der Waals surface area contributed by atoms with Crippen LogP contribution in [0, 0.1) is 0 Å². The van der Waals surface area contributed by atoms with Crippen molar-refractivity contribution in [1.29, 1.82) is 0 Å². The van der Waals surface area contributed by atoms with Crippen LogP contribution in [0.2, 0.25) is 0 Å². The summed E-state index contributed by atoms with van der Waals surface area (Å²) in [7, 11) is -4.37. The van der Waals surface area contributed by atoms with Gasteiger partial charge in [0, 0.05) is 13.1 Å². The number of benzene rings is 2. The highest BCUT2D eigenvalue weighted by molar-refractivity contribution is 7.89. The average Bonchev–Trinajstić information content (AvgIpc) is 2.81. The number of hydrogen-bond acceptors (Lipinski definition) is 7. The van der Waals surface area contributed by atoms with E-state index in [0.29, 0.717) is 5.56 Å². The van der Waals surface area contributed by atoms with Crippen LogP contribution >= 0.6 is 0 Å². The molecule has 1 atom stereocenters. The lowest BCUT2D eigenvalue weighted by Gasteiger charge is -2.39. The first-order valence-corrected chi connectivity index (χ1v) is 12.7. The summed E-state index contributed by atoms with van der Waals surface area (Å²) in [6, 6.07) is 10.9. The second-order valence-corrected chi connectivity index (χ2v) is 11.1. The van der Waals surface area contributed by atoms with Gasteiger partial charge in [-0.3, -0.25) is 4.79 Å². The molecule has 0 spiro atoms. The molecule has 3 rings (SSSR count). The number of sulfonamides is 1. The molecule has 1 amide bonds. The van der Waals surface area contributed by atoms with Crippen LogP contribution in [0.4, 0.5) is 18.0 Å². The second-order valence-electron chi connectivity index (χ2n) is 9.17. The van der Waals surface area contributed by atoms with Gasteiger partial charge >= 0.3 is 18.4 Å². The van der Waals surface area contributed by atoms with Gasteiger partial charge in [0.2, 0.25) is 10.0 Å². The lowest BCUT2D eigenvalue weighted by atomic mass is 10.2. The molecule has 202 valence electrons. The largest absolute Gasteiger partial charge is 0.573 e. The Morgan fingerprint density at radius 3 is 2.16 bits per heavy atom. The number of amides is 1. The molecular weight excluding hydrogens is 517 g/mol. The van der Waals surface area contributed by atoms with Gasteiger partial charge in [0.15, 0.2) is 0 Å². The summed E-state index contributed by atoms with van der Waals surface area (Å²) >= 11 is 0. The van der Waals surface area contributed by atoms with Gasteiger partial charge in [0.05, 0.1) is 11.4 Å². The number of rotatable bonds is 6. The van der Waals surface area contributed by atoms with Gasteiger partial charge in [-0.15, -0.1) is 13.2 Å². The zero-order valence-electron chi connectivity index (χ0n) is 20.4. The van der Waals surface area contributed by atoms with E-state index in [-0.39, 0.29) is 31.1 Å². The van der Waals surface area contributed by atoms with Crippen LogP contribution in [0.5, 0.6) is 5.75 Å². The third-order valence-corrected chi connectivity index (χ3v) is 7.07. The Hall–Kier alpha value is -3.32. The predicted octanol–water partition coefficient (Wildman–Crippen LogP) is 3.94. The summed E-state index contributed by atoms with van der Waals surface area (Å²) in [5.41, 5.74) is -0.144. The summed E-state index contributed by atoms with van der Waals surface area (Å²) in [6.07, 6.45) is -5.66. The number of carbonyl (C=O) groups excluding carboxylic acids is 2. The highest BCUT2D eigenvalue weighted by atomic mass is 32.2. The molecule has 1 aliphatic rings. The van der Waals surface area contributed by atoms with E-state index in [9.17, 15) is 31.2 Å². The summed E-state index contributed by atoms with van der Waals surface area (Å²) in [4.78, 5) is 26.5. The molecule has 9 nitrogen and oxygen atoms in total. The molecule has 2 aromatic rings. The Kier molecular flexibility index (Phi) is 8.38. The lowest BCUT2D eigenvalue weighted by Crippen LogP contribution is -2.60. The van der Waals surface area contributed by atoms with Crippen LogP contribution in [-0.2, 0) is 30.9 Å². The van der Waals surface area contributed by atoms with Gasteiger partial charge in [-0.2, -0.15) is 4.31 Å². The molecule has 0 saturated carbocycles. The first kappa shape index (κ1) is 28.3. The smallest absolute Gasteiger partial charge is 0.460 e. The second kappa shape index (κ2) is 11.0. The first-order valence-electron chi connectivity index (χ1n) is 11.2. The maximum atomic E-state index is 13.4. The summed E-state index contributed by atoms with van der Waals surface area (Å²) in [6.45, 7) is 4.20. The zero-order valence-corrected chi connectivity index (χ0v) is 21.2. The third-order valence-electron chi connectivity index (χ3n) is 5.14. The van der Waals surface area contributed by atoms with Crippen LogP contribution in [0.15, 0.2) is 59.5 Å². The fraction of sp³-hybridized carbons (Fsp3) is 0.417. The van der Waals surface area contributed by atoms with E-state index in [1.165, 1.54) is 4.90 Å². The highest BCUT2D eigenvalue weighted by Crippen LogP contribution is 2.27. The van der Waals surface area contributed by atoms with E-state index in [4.69, 9.17) is 9.47 Å². The number of ether oxygens (including phenoxy) is 3. The van der Waals surface area contributed by atoms with Crippen molar-refractivity contribution in [3.63, 3.8) is 0 Å². The molecule has 2 aromatic carbocycles. The number of alkyl halides is 3. The van der Waals surface area contributed by atoms with Crippen molar-refractivity contribution in [2.45, 2.75) is 50.3 Å². The van der Waals surface area contributed by atoms with Gasteiger partial charge in [-0.05, 0) is 50.6 Å². The number of nitrogens with zero attached hydrogens (tertiary/aromatic N) is 2. The minimum atomic E-state index is -4.94. The summed E-state index contributed by atoms with van der Waals surface area (Å²) < 4.78 is 79.6. The first-order chi connectivity index (χ1) is 17.2. The SMILES string of the molecule is CC(C)(C)OC(=O)N1CCN(S(=O)(=O)c2ccc(OC(F)(F)F)cc2)[C@@H](C(=O)OCc2ccccc2)C1. The van der Waals surface area contributed by atoms with Gasteiger partial charge in [0.1, 0.15) is 24.0 Å². The fourth-order valence-corrected chi connectivity index (χ4v) is 5.07. The van der Waals surface area contributed by atoms with Crippen LogP contribution in [-0.4, -0.2) is 67.3 Å². The number of halogens is 3. The van der Waals surface area contributed by atoms with E-state index in [2.05, 4.69) is 4.74 Å². The van der Waals surface area contributed by atoms with E-state index >= 15 is 0 Å². The Morgan fingerprint density at radius 2 is 1.59 bits per heavy atom. The van der Waals surface area contributed by atoms with E-state index in [1.54, 1.807) is 51.1 Å². The monoisotopic (exact) mass is 544 g/mol. The van der Waals surface area contributed by atoms with Crippen LogP contribution in [0.25, 0.3) is 0 Å². The maximum Gasteiger partial charge on any atom is 0.573 e. The topological polar surface area (TPSA) is 102 Å². The van der Waals surface area contributed by atoms with Crippen LogP contribution in [0.3, 0.4) is 0 Å². The van der Waals surface area contributed by atoms with E-state index < -0.39 is 45.8 Å². The number of esters is 1. The third kappa shape index (κ3) is 7.83. The van der Waals surface area contributed by atoms with Crippen LogP contribution in [0.1, 0.15) is 26.3 Å². The molecular formula is C24H27F3N2O7S. The van der Waals surface area contributed by atoms with Crippen molar-refractivity contribution in [3.05, 3.63) is 60.2 Å². The van der Waals surface area contributed by atoms with Crippen molar-refractivity contribution < 1.29 is 45.4 Å². The van der Waals surface area contributed by atoms with Gasteiger partial charge in [-0.1, -0.05) is 30.3 Å². The highest BCUT2D eigenvalue weighted by Gasteiger charge is 2.43. The zero-order chi connectivity index (χ0) is 27.4. The lowest BCUT2D eigenvalue weighted by molar-refractivity contribution is -0.274. The molecule has 0 radical (unpaired) electrons. The van der Waals surface area contributed by atoms with Crippen molar-refractivity contribution in [2.75, 3.05) is 19.6 Å². The van der Waals surface area contributed by atoms with E-state index in [0.717, 1.165) is 28.6 Å². The minimum absolute atomic E-state index is 0.0775. The molecule has 1 saturated heterocycles. The Morgan fingerprint density at radius 1 is 0.973 bits per heavy atom. The molecule has 1 aliphatic heterocycles. The average molecular weight is 545 g/mol. The molecule has 13 heteroatoms. The Balaban J connectivity index is 1.85. The van der Waals surface area contributed by atoms with Crippen molar-refractivity contribution in [3.8, 4) is 5.75 Å². The molecule has 37 heavy (non-hydrogen) atoms. The predicted molar refractivity (Wildman–Crippen MR) is 125 cm³/mol. The number of carbonyl (C=O) groups is 2. The standard InChI is InChI=1S/C24H27F3N2O7S/c1-23(2,3)36-22(31)28-13-14-29(20(15-28)21(30)34-16-17-7-5-4-6-8-17)37(32,33)19-11-9-18(10-12-19)35-24(25,26)27/h4-12,20H,13-16H2,1-3H3/t20-/m1/s1. The molecule has 0 unspecified atom stereocenters. The van der Waals surface area contributed by atoms with Gasteiger partial charge < -0.3 is 19.1 Å². The van der Waals surface area contributed by atoms with Gasteiger partial charge in [0.25, 0.3) is 0 Å². The van der Waals surface area contributed by atoms with Crippen LogP contribution < -0.4 is 4.74 Å². The molecule has 0 aliphatic carbocycles. The molecule has 0 aromatic heterocycles. The quantitative estimate of drug-likeness (QED) is 0.508. The van der Waals surface area contributed by atoms with Gasteiger partial charge in [-0.25, -0.2) is 13.2 Å². The Bertz CT molecular complexity index is 1200. The molecule has 0 N–H and O–H groups in total. The summed E-state index contributed by atoms with van der Waals surface area (Å²) in [5, 5.41) is 0. The molecule has 0 bridgehead atoms. The van der Waals surface area contributed by atoms with Crippen molar-refractivity contribution in [2.24, 2.45) is 0 Å². The number of hydrogen-bond donors (Lipinski definition) is 0. The fourth-order valence-electron chi connectivity index (χ4n) is 3.51. The van der Waals surface area contributed by atoms with Crippen molar-refractivity contribution >= 4 is 22.1 Å². The maximum absolute atomic E-state index is 13.4. The van der Waals surface area contributed by atoms with Crippen molar-refractivity contribution in [1.82, 2.24) is 9.21 Å². The molecule has 1 heterocycles. The van der Waals surface area contributed by atoms with E-state index in [1.807, 2.05) is 0 Å². The normalized spacial score (nSPS) is 17.2. The Labute approximate surface area is 212 Å². The minimum Gasteiger partial charge on any atom is -0.460 e. The molecule has 1 fully saturated rings. The summed E-state index contributed by atoms with van der Waals surface area (Å²) in [5.74, 6) is -1.49.